The van der Waals surface area contributed by atoms with Gasteiger partial charge in [-0.1, -0.05) is 18.2 Å². The third-order valence-electron chi connectivity index (χ3n) is 4.38. The molecule has 3 rings (SSSR count). The van der Waals surface area contributed by atoms with Gasteiger partial charge in [0.2, 0.25) is 0 Å². The van der Waals surface area contributed by atoms with Crippen LogP contribution in [0.5, 0.6) is 0 Å². The second kappa shape index (κ2) is 7.46. The first-order valence-corrected chi connectivity index (χ1v) is 8.53. The molecule has 28 heavy (non-hydrogen) atoms. The first-order valence-electron chi connectivity index (χ1n) is 8.53. The Morgan fingerprint density at radius 3 is 2.29 bits per heavy atom. The molecule has 0 spiro atoms. The van der Waals surface area contributed by atoms with Crippen LogP contribution in [0.1, 0.15) is 27.2 Å². The minimum absolute atomic E-state index is 0.311. The van der Waals surface area contributed by atoms with Crippen LogP contribution in [0, 0.1) is 13.8 Å². The molecular weight excluding hydrogens is 367 g/mol. The Kier molecular flexibility index (Phi) is 5.23. The van der Waals surface area contributed by atoms with Crippen molar-refractivity contribution in [2.45, 2.75) is 20.0 Å². The number of ether oxygens (including phenoxy) is 1. The molecule has 0 unspecified atom stereocenters. The van der Waals surface area contributed by atoms with Crippen LogP contribution in [0.15, 0.2) is 54.7 Å². The second-order valence-electron chi connectivity index (χ2n) is 6.53. The zero-order valence-electron chi connectivity index (χ0n) is 15.6. The summed E-state index contributed by atoms with van der Waals surface area (Å²) in [6, 6.07) is 12.3. The lowest BCUT2D eigenvalue weighted by Crippen LogP contribution is -2.06. The molecule has 0 saturated heterocycles. The Morgan fingerprint density at radius 2 is 1.68 bits per heavy atom. The van der Waals surface area contributed by atoms with Gasteiger partial charge in [-0.15, -0.1) is 0 Å². The maximum Gasteiger partial charge on any atom is 0.416 e. The number of nitrogens with zero attached hydrogens (tertiary/aromatic N) is 1. The van der Waals surface area contributed by atoms with Crippen LogP contribution >= 0.6 is 0 Å². The van der Waals surface area contributed by atoms with Gasteiger partial charge in [0.1, 0.15) is 0 Å². The number of benzene rings is 2. The number of methoxy groups -OCH3 is 1. The molecule has 1 heterocycles. The molecule has 144 valence electrons. The number of carbonyl (C=O) groups is 1. The number of pyridine rings is 1. The lowest BCUT2D eigenvalue weighted by molar-refractivity contribution is -0.137. The Bertz CT molecular complexity index is 1020. The van der Waals surface area contributed by atoms with Gasteiger partial charge in [-0.3, -0.25) is 4.98 Å². The molecule has 1 aromatic heterocycles. The molecule has 0 fully saturated rings. The number of alkyl halides is 3. The van der Waals surface area contributed by atoms with Gasteiger partial charge in [-0.2, -0.15) is 13.2 Å². The quantitative estimate of drug-likeness (QED) is 0.532. The molecule has 0 aliphatic rings. The summed E-state index contributed by atoms with van der Waals surface area (Å²) < 4.78 is 44.6. The molecule has 3 aromatic rings. The summed E-state index contributed by atoms with van der Waals surface area (Å²) in [4.78, 5) is 16.2. The van der Waals surface area contributed by atoms with E-state index in [1.807, 2.05) is 13.0 Å². The summed E-state index contributed by atoms with van der Waals surface area (Å²) >= 11 is 0. The van der Waals surface area contributed by atoms with E-state index >= 15 is 0 Å². The number of hydrogen-bond acceptors (Lipinski definition) is 3. The fourth-order valence-corrected chi connectivity index (χ4v) is 3.01. The summed E-state index contributed by atoms with van der Waals surface area (Å²) in [6.07, 6.45) is -2.81. The summed E-state index contributed by atoms with van der Waals surface area (Å²) in [5.74, 6) is -0.520. The van der Waals surface area contributed by atoms with Crippen LogP contribution < -0.4 is 0 Å². The highest BCUT2D eigenvalue weighted by molar-refractivity contribution is 5.94. The largest absolute Gasteiger partial charge is 0.465 e. The lowest BCUT2D eigenvalue weighted by Gasteiger charge is -2.15. The van der Waals surface area contributed by atoms with Gasteiger partial charge in [0.25, 0.3) is 0 Å². The van der Waals surface area contributed by atoms with E-state index in [4.69, 9.17) is 4.74 Å². The predicted molar refractivity (Wildman–Crippen MR) is 101 cm³/mol. The number of esters is 1. The van der Waals surface area contributed by atoms with E-state index in [-0.39, 0.29) is 0 Å². The Labute approximate surface area is 160 Å². The third-order valence-corrected chi connectivity index (χ3v) is 4.38. The molecule has 0 bridgehead atoms. The highest BCUT2D eigenvalue weighted by Crippen LogP contribution is 2.37. The van der Waals surface area contributed by atoms with Gasteiger partial charge in [0, 0.05) is 17.5 Å². The number of hydrogen-bond donors (Lipinski definition) is 0. The fourth-order valence-electron chi connectivity index (χ4n) is 3.01. The van der Waals surface area contributed by atoms with Gasteiger partial charge in [0.15, 0.2) is 0 Å². The van der Waals surface area contributed by atoms with Crippen molar-refractivity contribution in [2.24, 2.45) is 0 Å². The standard InChI is InChI=1S/C22H18F3NO2/c1-13-8-17(10-18(9-13)22(23,24)25)19-7-6-15(21(27)28-3)11-20(19)16-5-4-14(2)26-12-16/h4-12H,1-3H3. The molecule has 2 aromatic carbocycles. The lowest BCUT2D eigenvalue weighted by atomic mass is 9.91. The van der Waals surface area contributed by atoms with Crippen molar-refractivity contribution in [3.63, 3.8) is 0 Å². The van der Waals surface area contributed by atoms with E-state index in [0.29, 0.717) is 33.4 Å². The van der Waals surface area contributed by atoms with Crippen LogP contribution in [0.2, 0.25) is 0 Å². The maximum absolute atomic E-state index is 13.3. The zero-order chi connectivity index (χ0) is 20.5. The van der Waals surface area contributed by atoms with E-state index in [1.54, 1.807) is 43.5 Å². The average molecular weight is 385 g/mol. The Balaban J connectivity index is 2.25. The topological polar surface area (TPSA) is 39.2 Å². The van der Waals surface area contributed by atoms with E-state index in [1.165, 1.54) is 7.11 Å². The highest BCUT2D eigenvalue weighted by atomic mass is 19.4. The van der Waals surface area contributed by atoms with E-state index in [9.17, 15) is 18.0 Å². The monoisotopic (exact) mass is 385 g/mol. The molecule has 0 aliphatic carbocycles. The normalized spacial score (nSPS) is 11.4. The molecule has 3 nitrogen and oxygen atoms in total. The van der Waals surface area contributed by atoms with Gasteiger partial charge < -0.3 is 4.74 Å². The minimum Gasteiger partial charge on any atom is -0.465 e. The van der Waals surface area contributed by atoms with Gasteiger partial charge in [-0.05, 0) is 66.4 Å². The van der Waals surface area contributed by atoms with Crippen molar-refractivity contribution < 1.29 is 22.7 Å². The van der Waals surface area contributed by atoms with Gasteiger partial charge >= 0.3 is 12.1 Å². The highest BCUT2D eigenvalue weighted by Gasteiger charge is 2.31. The molecule has 0 N–H and O–H groups in total. The second-order valence-corrected chi connectivity index (χ2v) is 6.53. The summed E-state index contributed by atoms with van der Waals surface area (Å²) in [6.45, 7) is 3.46. The third kappa shape index (κ3) is 4.06. The van der Waals surface area contributed by atoms with Crippen LogP contribution in [0.25, 0.3) is 22.3 Å². The molecule has 0 radical (unpaired) electrons. The summed E-state index contributed by atoms with van der Waals surface area (Å²) in [7, 11) is 1.28. The minimum atomic E-state index is -4.45. The number of rotatable bonds is 3. The number of aromatic nitrogens is 1. The molecule has 0 saturated carbocycles. The number of halogens is 3. The fraction of sp³-hybridized carbons (Fsp3) is 0.182. The van der Waals surface area contributed by atoms with E-state index in [2.05, 4.69) is 4.98 Å². The zero-order valence-corrected chi connectivity index (χ0v) is 15.6. The molecule has 6 heteroatoms. The maximum atomic E-state index is 13.3. The van der Waals surface area contributed by atoms with Gasteiger partial charge in [-0.25, -0.2) is 4.79 Å². The van der Waals surface area contributed by atoms with Crippen molar-refractivity contribution in [2.75, 3.05) is 7.11 Å². The number of carbonyl (C=O) groups excluding carboxylic acids is 1. The van der Waals surface area contributed by atoms with Crippen molar-refractivity contribution in [1.82, 2.24) is 4.98 Å². The Morgan fingerprint density at radius 1 is 0.929 bits per heavy atom. The van der Waals surface area contributed by atoms with Crippen molar-refractivity contribution in [3.8, 4) is 22.3 Å². The molecule has 0 amide bonds. The van der Waals surface area contributed by atoms with E-state index < -0.39 is 17.7 Å². The van der Waals surface area contributed by atoms with Crippen molar-refractivity contribution >= 4 is 5.97 Å². The SMILES string of the molecule is COC(=O)c1ccc(-c2cc(C)cc(C(F)(F)F)c2)c(-c2ccc(C)nc2)c1. The van der Waals surface area contributed by atoms with Gasteiger partial charge in [0.05, 0.1) is 18.2 Å². The molecular formula is C22H18F3NO2. The first-order chi connectivity index (χ1) is 13.2. The summed E-state index contributed by atoms with van der Waals surface area (Å²) in [5, 5.41) is 0. The Hall–Kier alpha value is -3.15. The molecule has 0 atom stereocenters. The van der Waals surface area contributed by atoms with Crippen molar-refractivity contribution in [3.05, 3.63) is 77.1 Å². The molecule has 0 aliphatic heterocycles. The van der Waals surface area contributed by atoms with Crippen LogP contribution in [-0.4, -0.2) is 18.1 Å². The first kappa shape index (κ1) is 19.6. The van der Waals surface area contributed by atoms with Crippen molar-refractivity contribution in [1.29, 1.82) is 0 Å². The average Bonchev–Trinajstić information content (AvgIpc) is 2.66. The van der Waals surface area contributed by atoms with E-state index in [0.717, 1.165) is 17.8 Å². The summed E-state index contributed by atoms with van der Waals surface area (Å²) in [5.41, 5.74) is 3.19. The smallest absolute Gasteiger partial charge is 0.416 e. The predicted octanol–water partition coefficient (Wildman–Crippen LogP) is 5.84. The van der Waals surface area contributed by atoms with Crippen LogP contribution in [-0.2, 0) is 10.9 Å². The number of aryl methyl sites for hydroxylation is 2. The van der Waals surface area contributed by atoms with Crippen LogP contribution in [0.4, 0.5) is 13.2 Å². The van der Waals surface area contributed by atoms with Crippen LogP contribution in [0.3, 0.4) is 0 Å².